The summed E-state index contributed by atoms with van der Waals surface area (Å²) >= 11 is 6.10. The van der Waals surface area contributed by atoms with E-state index in [-0.39, 0.29) is 43.8 Å². The molecule has 1 saturated carbocycles. The monoisotopic (exact) mass is 564 g/mol. The van der Waals surface area contributed by atoms with E-state index in [0.717, 1.165) is 23.8 Å². The molecule has 3 atom stereocenters. The molecular weight excluding hydrogens is 531 g/mol. The van der Waals surface area contributed by atoms with Crippen molar-refractivity contribution in [3.63, 3.8) is 0 Å². The number of amides is 2. The molecule has 1 aliphatic heterocycles. The lowest BCUT2D eigenvalue weighted by atomic mass is 10.1. The van der Waals surface area contributed by atoms with E-state index >= 15 is 0 Å². The van der Waals surface area contributed by atoms with Crippen molar-refractivity contribution in [1.29, 1.82) is 0 Å². The maximum Gasteiger partial charge on any atom is 0.251 e. The van der Waals surface area contributed by atoms with E-state index in [9.17, 15) is 22.4 Å². The zero-order chi connectivity index (χ0) is 27.4. The van der Waals surface area contributed by atoms with Crippen LogP contribution in [0.2, 0.25) is 5.02 Å². The van der Waals surface area contributed by atoms with E-state index in [1.165, 1.54) is 16.4 Å². The van der Waals surface area contributed by atoms with Crippen LogP contribution in [0.15, 0.2) is 42.5 Å². The Hall–Kier alpha value is -2.53. The number of benzene rings is 2. The van der Waals surface area contributed by atoms with Gasteiger partial charge < -0.3 is 15.5 Å². The number of carbonyl (C=O) groups is 2. The van der Waals surface area contributed by atoms with Crippen molar-refractivity contribution in [3.8, 4) is 0 Å². The Morgan fingerprint density at radius 2 is 1.79 bits per heavy atom. The third kappa shape index (κ3) is 7.31. The zero-order valence-electron chi connectivity index (χ0n) is 21.6. The van der Waals surface area contributed by atoms with E-state index in [4.69, 9.17) is 11.6 Å². The number of carbonyl (C=O) groups excluding carboxylic acids is 2. The van der Waals surface area contributed by atoms with Gasteiger partial charge in [-0.2, -0.15) is 4.31 Å². The van der Waals surface area contributed by atoms with E-state index in [1.54, 1.807) is 23.1 Å². The molecule has 2 aromatic carbocycles. The summed E-state index contributed by atoms with van der Waals surface area (Å²) in [4.78, 5) is 28.1. The van der Waals surface area contributed by atoms with Gasteiger partial charge in [-0.05, 0) is 74.2 Å². The molecule has 0 unspecified atom stereocenters. The molecule has 0 aromatic heterocycles. The number of piperazine rings is 1. The number of rotatable bonds is 10. The second-order valence-electron chi connectivity index (χ2n) is 10.1. The maximum absolute atomic E-state index is 13.4. The minimum absolute atomic E-state index is 0.215. The molecule has 2 fully saturated rings. The van der Waals surface area contributed by atoms with Crippen LogP contribution in [0.3, 0.4) is 0 Å². The molecule has 38 heavy (non-hydrogen) atoms. The Kier molecular flexibility index (Phi) is 9.07. The summed E-state index contributed by atoms with van der Waals surface area (Å²) < 4.78 is 38.2. The summed E-state index contributed by atoms with van der Waals surface area (Å²) in [5.74, 6) is -0.465. The SMILES string of the molecule is Cc1cc(C(=O)N[C@@H](CCCN[C@H]2C[C@@H]2c2ccc(F)cc2)C(=O)N2CCN(S(C)(=O)=O)CC2)ccc1Cl. The Morgan fingerprint density at radius 1 is 1.11 bits per heavy atom. The fourth-order valence-corrected chi connectivity index (χ4v) is 5.78. The van der Waals surface area contributed by atoms with Gasteiger partial charge in [-0.3, -0.25) is 9.59 Å². The molecule has 0 bridgehead atoms. The quantitative estimate of drug-likeness (QED) is 0.432. The highest BCUT2D eigenvalue weighted by Gasteiger charge is 2.38. The lowest BCUT2D eigenvalue weighted by Crippen LogP contribution is -2.55. The average molecular weight is 565 g/mol. The van der Waals surface area contributed by atoms with Crippen LogP contribution >= 0.6 is 11.6 Å². The Labute approximate surface area is 228 Å². The van der Waals surface area contributed by atoms with Gasteiger partial charge in [0.1, 0.15) is 11.9 Å². The van der Waals surface area contributed by atoms with Gasteiger partial charge in [0.25, 0.3) is 5.91 Å². The van der Waals surface area contributed by atoms with Gasteiger partial charge in [0.05, 0.1) is 6.26 Å². The van der Waals surface area contributed by atoms with Crippen LogP contribution in [-0.4, -0.2) is 80.5 Å². The molecule has 0 spiro atoms. The first-order chi connectivity index (χ1) is 18.0. The summed E-state index contributed by atoms with van der Waals surface area (Å²) in [6, 6.07) is 11.1. The Bertz CT molecular complexity index is 1270. The molecule has 2 aliphatic rings. The van der Waals surface area contributed by atoms with Crippen molar-refractivity contribution < 1.29 is 22.4 Å². The minimum Gasteiger partial charge on any atom is -0.340 e. The topological polar surface area (TPSA) is 98.8 Å². The molecule has 2 N–H and O–H groups in total. The predicted octanol–water partition coefficient (Wildman–Crippen LogP) is 2.92. The highest BCUT2D eigenvalue weighted by molar-refractivity contribution is 7.88. The highest BCUT2D eigenvalue weighted by atomic mass is 35.5. The Morgan fingerprint density at radius 3 is 2.42 bits per heavy atom. The van der Waals surface area contributed by atoms with Crippen LogP contribution in [0.5, 0.6) is 0 Å². The third-order valence-electron chi connectivity index (χ3n) is 7.21. The van der Waals surface area contributed by atoms with Crippen molar-refractivity contribution in [2.24, 2.45) is 0 Å². The minimum atomic E-state index is -3.32. The predicted molar refractivity (Wildman–Crippen MR) is 145 cm³/mol. The van der Waals surface area contributed by atoms with Crippen molar-refractivity contribution in [2.45, 2.75) is 44.2 Å². The molecule has 1 heterocycles. The van der Waals surface area contributed by atoms with E-state index in [2.05, 4.69) is 10.6 Å². The van der Waals surface area contributed by atoms with Crippen molar-refractivity contribution in [3.05, 3.63) is 70.0 Å². The van der Waals surface area contributed by atoms with Crippen molar-refractivity contribution in [2.75, 3.05) is 39.0 Å². The molecule has 11 heteroatoms. The Balaban J connectivity index is 1.34. The molecule has 4 rings (SSSR count). The van der Waals surface area contributed by atoms with Crippen LogP contribution in [0, 0.1) is 12.7 Å². The largest absolute Gasteiger partial charge is 0.340 e. The van der Waals surface area contributed by atoms with Crippen LogP contribution in [0.4, 0.5) is 4.39 Å². The molecule has 1 saturated heterocycles. The maximum atomic E-state index is 13.4. The molecule has 206 valence electrons. The zero-order valence-corrected chi connectivity index (χ0v) is 23.2. The molecule has 2 aromatic rings. The van der Waals surface area contributed by atoms with E-state index in [1.807, 2.05) is 19.1 Å². The average Bonchev–Trinajstić information content (AvgIpc) is 3.66. The van der Waals surface area contributed by atoms with Gasteiger partial charge in [0, 0.05) is 48.7 Å². The van der Waals surface area contributed by atoms with Gasteiger partial charge in [-0.15, -0.1) is 0 Å². The molecule has 8 nitrogen and oxygen atoms in total. The fraction of sp³-hybridized carbons (Fsp3) is 0.481. The number of hydrogen-bond acceptors (Lipinski definition) is 5. The summed E-state index contributed by atoms with van der Waals surface area (Å²) in [6.07, 6.45) is 3.23. The molecule has 2 amide bonds. The second-order valence-corrected chi connectivity index (χ2v) is 12.5. The lowest BCUT2D eigenvalue weighted by molar-refractivity contribution is -0.134. The first kappa shape index (κ1) is 28.5. The number of aryl methyl sites for hydroxylation is 1. The van der Waals surface area contributed by atoms with Gasteiger partial charge >= 0.3 is 0 Å². The summed E-state index contributed by atoms with van der Waals surface area (Å²) in [7, 11) is -3.32. The van der Waals surface area contributed by atoms with Crippen LogP contribution in [0.25, 0.3) is 0 Å². The number of nitrogens with one attached hydrogen (secondary N) is 2. The first-order valence-corrected chi connectivity index (χ1v) is 15.1. The number of hydrogen-bond donors (Lipinski definition) is 2. The molecule has 0 radical (unpaired) electrons. The normalized spacial score (nSPS) is 20.7. The lowest BCUT2D eigenvalue weighted by Gasteiger charge is -2.35. The second kappa shape index (κ2) is 12.1. The summed E-state index contributed by atoms with van der Waals surface area (Å²) in [5, 5.41) is 6.95. The summed E-state index contributed by atoms with van der Waals surface area (Å²) in [5.41, 5.74) is 2.30. The highest BCUT2D eigenvalue weighted by Crippen LogP contribution is 2.40. The van der Waals surface area contributed by atoms with Crippen molar-refractivity contribution in [1.82, 2.24) is 19.8 Å². The number of halogens is 2. The van der Waals surface area contributed by atoms with Gasteiger partial charge in [-0.1, -0.05) is 23.7 Å². The van der Waals surface area contributed by atoms with Crippen molar-refractivity contribution >= 4 is 33.4 Å². The number of sulfonamides is 1. The van der Waals surface area contributed by atoms with E-state index < -0.39 is 16.1 Å². The first-order valence-electron chi connectivity index (χ1n) is 12.8. The smallest absolute Gasteiger partial charge is 0.251 e. The fourth-order valence-electron chi connectivity index (χ4n) is 4.84. The van der Waals surface area contributed by atoms with Crippen LogP contribution in [-0.2, 0) is 14.8 Å². The molecule has 1 aliphatic carbocycles. The van der Waals surface area contributed by atoms with Crippen LogP contribution in [0.1, 0.15) is 46.7 Å². The van der Waals surface area contributed by atoms with Gasteiger partial charge in [-0.25, -0.2) is 12.8 Å². The van der Waals surface area contributed by atoms with Gasteiger partial charge in [0.15, 0.2) is 0 Å². The van der Waals surface area contributed by atoms with E-state index in [0.29, 0.717) is 41.9 Å². The third-order valence-corrected chi connectivity index (χ3v) is 8.93. The number of nitrogens with zero attached hydrogens (tertiary/aromatic N) is 2. The van der Waals surface area contributed by atoms with Crippen LogP contribution < -0.4 is 10.6 Å². The summed E-state index contributed by atoms with van der Waals surface area (Å²) in [6.45, 7) is 3.50. The molecular formula is C27H34ClFN4O4S. The van der Waals surface area contributed by atoms with Gasteiger partial charge in [0.2, 0.25) is 15.9 Å². The standard InChI is InChI=1S/C27H34ClFN4O4S/c1-18-16-20(7-10-23(18)28)26(34)31-24(27(35)32-12-14-33(15-13-32)38(2,36)37)4-3-11-30-25-17-22(25)19-5-8-21(29)9-6-19/h5-10,16,22,24-25,30H,3-4,11-15,17H2,1-2H3,(H,31,34)/t22-,24+,25+/m1/s1.